The monoisotopic (exact) mass is 659 g/mol. The fourth-order valence-corrected chi connectivity index (χ4v) is 7.75. The van der Waals surface area contributed by atoms with Gasteiger partial charge in [0.1, 0.15) is 10.8 Å². The minimum atomic E-state index is -1.58. The molecule has 0 aromatic heterocycles. The van der Waals surface area contributed by atoms with Gasteiger partial charge >= 0.3 is 5.97 Å². The molecule has 0 saturated heterocycles. The third-order valence-corrected chi connectivity index (χ3v) is 9.87. The summed E-state index contributed by atoms with van der Waals surface area (Å²) in [5, 5.41) is 6.26. The smallest absolute Gasteiger partial charge is 0.334 e. The number of para-hydroxylation sites is 1. The topological polar surface area (TPSA) is 79.3 Å². The van der Waals surface area contributed by atoms with Crippen molar-refractivity contribution < 1.29 is 19.1 Å². The second-order valence-electron chi connectivity index (χ2n) is 11.6. The van der Waals surface area contributed by atoms with Crippen LogP contribution in [0.2, 0.25) is 0 Å². The predicted molar refractivity (Wildman–Crippen MR) is 175 cm³/mol. The Bertz CT molecular complexity index is 1890. The molecule has 0 bridgehead atoms. The van der Waals surface area contributed by atoms with E-state index in [0.717, 1.165) is 21.2 Å². The van der Waals surface area contributed by atoms with E-state index >= 15 is 9.59 Å². The molecule has 0 fully saturated rings. The van der Waals surface area contributed by atoms with Crippen LogP contribution in [0.25, 0.3) is 0 Å². The lowest BCUT2D eigenvalue weighted by Crippen LogP contribution is -2.59. The fourth-order valence-electron chi connectivity index (χ4n) is 7.48. The molecular formula is C37H30BrN3O4. The summed E-state index contributed by atoms with van der Waals surface area (Å²) in [4.78, 5) is 46.1. The highest BCUT2D eigenvalue weighted by Crippen LogP contribution is 2.67. The quantitative estimate of drug-likeness (QED) is 0.220. The van der Waals surface area contributed by atoms with Crippen LogP contribution in [0.1, 0.15) is 35.1 Å². The zero-order valence-electron chi connectivity index (χ0n) is 24.8. The second kappa shape index (κ2) is 11.0. The molecule has 45 heavy (non-hydrogen) atoms. The van der Waals surface area contributed by atoms with Gasteiger partial charge in [-0.1, -0.05) is 113 Å². The number of esters is 1. The SMILES string of the molecule is COC(=O)C1=C[C@]2(C(=O)N(Cc3ccccc3)N=C2C)[C@@]2(C(=O)N(Cc3ccccc3)c3ccccc32)[C@H]1c1ccc(Br)cc1. The van der Waals surface area contributed by atoms with Gasteiger partial charge in [0.05, 0.1) is 25.9 Å². The molecule has 4 aromatic carbocycles. The van der Waals surface area contributed by atoms with Gasteiger partial charge in [-0.05, 0) is 47.4 Å². The number of hydrogen-bond donors (Lipinski definition) is 0. The zero-order valence-corrected chi connectivity index (χ0v) is 26.4. The van der Waals surface area contributed by atoms with E-state index in [1.165, 1.54) is 12.1 Å². The second-order valence-corrected chi connectivity index (χ2v) is 12.5. The molecule has 8 heteroatoms. The average molecular weight is 661 g/mol. The van der Waals surface area contributed by atoms with Crippen molar-refractivity contribution in [2.24, 2.45) is 10.5 Å². The maximum Gasteiger partial charge on any atom is 0.334 e. The molecule has 2 amide bonds. The first-order valence-corrected chi connectivity index (χ1v) is 15.6. The molecular weight excluding hydrogens is 630 g/mol. The number of anilines is 1. The molecule has 7 rings (SSSR count). The highest BCUT2D eigenvalue weighted by molar-refractivity contribution is 9.10. The number of hydrazone groups is 1. The van der Waals surface area contributed by atoms with Crippen LogP contribution in [0.15, 0.2) is 130 Å². The summed E-state index contributed by atoms with van der Waals surface area (Å²) in [6.45, 7) is 2.31. The number of methoxy groups -OCH3 is 1. The number of carbonyl (C=O) groups excluding carboxylic acids is 3. The Balaban J connectivity index is 1.50. The predicted octanol–water partition coefficient (Wildman–Crippen LogP) is 6.54. The van der Waals surface area contributed by atoms with Gasteiger partial charge in [-0.2, -0.15) is 5.10 Å². The number of rotatable bonds is 6. The average Bonchev–Trinajstić information content (AvgIpc) is 3.61. The van der Waals surface area contributed by atoms with Crippen molar-refractivity contribution in [2.45, 2.75) is 31.3 Å². The lowest BCUT2D eigenvalue weighted by Gasteiger charge is -2.42. The van der Waals surface area contributed by atoms with E-state index in [4.69, 9.17) is 9.84 Å². The van der Waals surface area contributed by atoms with Crippen LogP contribution in [0.4, 0.5) is 5.69 Å². The van der Waals surface area contributed by atoms with E-state index in [1.807, 2.05) is 109 Å². The van der Waals surface area contributed by atoms with E-state index in [0.29, 0.717) is 23.5 Å². The van der Waals surface area contributed by atoms with Gasteiger partial charge in [0.25, 0.3) is 5.91 Å². The van der Waals surface area contributed by atoms with Gasteiger partial charge in [-0.15, -0.1) is 0 Å². The van der Waals surface area contributed by atoms with Crippen molar-refractivity contribution in [3.05, 3.63) is 148 Å². The number of benzene rings is 4. The van der Waals surface area contributed by atoms with E-state index < -0.39 is 22.7 Å². The number of nitrogens with zero attached hydrogens (tertiary/aromatic N) is 3. The number of halogens is 1. The fraction of sp³-hybridized carbons (Fsp3) is 0.189. The Hall–Kier alpha value is -4.82. The maximum absolute atomic E-state index is 15.5. The molecule has 0 N–H and O–H groups in total. The summed E-state index contributed by atoms with van der Waals surface area (Å²) in [6, 6.07) is 34.6. The molecule has 2 aliphatic heterocycles. The number of ether oxygens (including phenoxy) is 1. The first kappa shape index (κ1) is 28.9. The minimum Gasteiger partial charge on any atom is -0.466 e. The van der Waals surface area contributed by atoms with E-state index in [2.05, 4.69) is 15.9 Å². The molecule has 0 unspecified atom stereocenters. The third kappa shape index (κ3) is 4.15. The number of carbonyl (C=O) groups is 3. The lowest BCUT2D eigenvalue weighted by atomic mass is 9.55. The van der Waals surface area contributed by atoms with Crippen LogP contribution < -0.4 is 4.90 Å². The van der Waals surface area contributed by atoms with Gasteiger partial charge in [0.15, 0.2) is 0 Å². The molecule has 0 radical (unpaired) electrons. The van der Waals surface area contributed by atoms with Crippen LogP contribution in [0.5, 0.6) is 0 Å². The standard InChI is InChI=1S/C37H30BrN3O4/c1-24-36(34(43)41(39-24)23-26-13-7-4-8-14-26)21-29(33(42)45-2)32(27-17-19-28(38)20-18-27)37(36)30-15-9-10-16-31(30)40(35(37)44)22-25-11-5-3-6-12-25/h3-21,32H,22-23H2,1-2H3/t32-,36-,37+/m0/s1. The van der Waals surface area contributed by atoms with Crippen LogP contribution >= 0.6 is 15.9 Å². The van der Waals surface area contributed by atoms with E-state index in [-0.39, 0.29) is 23.9 Å². The molecule has 1 aliphatic carbocycles. The highest BCUT2D eigenvalue weighted by Gasteiger charge is 2.76. The third-order valence-electron chi connectivity index (χ3n) is 9.34. The highest BCUT2D eigenvalue weighted by atomic mass is 79.9. The number of fused-ring (bicyclic) bond motifs is 3. The van der Waals surface area contributed by atoms with Crippen molar-refractivity contribution in [3.8, 4) is 0 Å². The van der Waals surface area contributed by atoms with E-state index in [9.17, 15) is 4.79 Å². The lowest BCUT2D eigenvalue weighted by molar-refractivity contribution is -0.142. The largest absolute Gasteiger partial charge is 0.466 e. The van der Waals surface area contributed by atoms with Crippen molar-refractivity contribution in [3.63, 3.8) is 0 Å². The summed E-state index contributed by atoms with van der Waals surface area (Å²) >= 11 is 3.53. The summed E-state index contributed by atoms with van der Waals surface area (Å²) in [7, 11) is 1.32. The Morgan fingerprint density at radius 1 is 0.822 bits per heavy atom. The van der Waals surface area contributed by atoms with Crippen LogP contribution in [0, 0.1) is 5.41 Å². The summed E-state index contributed by atoms with van der Waals surface area (Å²) < 4.78 is 6.20. The Morgan fingerprint density at radius 2 is 1.42 bits per heavy atom. The van der Waals surface area contributed by atoms with Crippen LogP contribution in [-0.4, -0.2) is 35.6 Å². The molecule has 4 aromatic rings. The first-order chi connectivity index (χ1) is 21.8. The molecule has 224 valence electrons. The van der Waals surface area contributed by atoms with Crippen LogP contribution in [0.3, 0.4) is 0 Å². The Labute approximate surface area is 269 Å². The summed E-state index contributed by atoms with van der Waals surface area (Å²) in [6.07, 6.45) is 1.68. The number of amides is 2. The van der Waals surface area contributed by atoms with Gasteiger partial charge in [0, 0.05) is 21.7 Å². The minimum absolute atomic E-state index is 0.225. The molecule has 0 saturated carbocycles. The van der Waals surface area contributed by atoms with Gasteiger partial charge in [-0.3, -0.25) is 9.59 Å². The molecule has 7 nitrogen and oxygen atoms in total. The maximum atomic E-state index is 15.5. The van der Waals surface area contributed by atoms with Gasteiger partial charge in [-0.25, -0.2) is 9.80 Å². The normalized spacial score (nSPS) is 23.5. The Kier molecular flexibility index (Phi) is 7.05. The van der Waals surface area contributed by atoms with Crippen molar-refractivity contribution in [1.29, 1.82) is 0 Å². The molecule has 2 heterocycles. The van der Waals surface area contributed by atoms with Crippen molar-refractivity contribution >= 4 is 45.1 Å². The van der Waals surface area contributed by atoms with Gasteiger partial charge in [0.2, 0.25) is 5.91 Å². The van der Waals surface area contributed by atoms with E-state index in [1.54, 1.807) is 17.9 Å². The van der Waals surface area contributed by atoms with Crippen LogP contribution in [-0.2, 0) is 37.6 Å². The zero-order chi connectivity index (χ0) is 31.3. The molecule has 2 spiro atoms. The summed E-state index contributed by atoms with van der Waals surface area (Å²) in [5.41, 5.74) is 1.53. The van der Waals surface area contributed by atoms with Crippen molar-refractivity contribution in [1.82, 2.24) is 5.01 Å². The van der Waals surface area contributed by atoms with Crippen molar-refractivity contribution in [2.75, 3.05) is 12.0 Å². The molecule has 3 atom stereocenters. The molecule has 3 aliphatic rings. The van der Waals surface area contributed by atoms with Gasteiger partial charge < -0.3 is 9.64 Å². The summed E-state index contributed by atoms with van der Waals surface area (Å²) in [5.74, 6) is -2.04. The first-order valence-electron chi connectivity index (χ1n) is 14.8. The number of hydrogen-bond acceptors (Lipinski definition) is 5. The Morgan fingerprint density at radius 3 is 2.07 bits per heavy atom.